The zero-order valence-electron chi connectivity index (χ0n) is 27.8. The Morgan fingerprint density at radius 1 is 0.918 bits per heavy atom. The molecule has 3 fully saturated rings. The van der Waals surface area contributed by atoms with Gasteiger partial charge < -0.3 is 9.84 Å². The molecule has 7 rings (SSSR count). The van der Waals surface area contributed by atoms with Crippen LogP contribution in [0.5, 0.6) is 11.5 Å². The quantitative estimate of drug-likeness (QED) is 0.222. The number of likely N-dealkylation sites (tertiary alicyclic amines) is 1. The number of hydrazine groups is 1. The molecule has 0 spiro atoms. The molecule has 0 radical (unpaired) electrons. The highest BCUT2D eigenvalue weighted by Crippen LogP contribution is 2.64. The fraction of sp³-hybridized carbons (Fsp3) is 0.368. The number of nitrogens with one attached hydrogen (secondary N) is 1. The number of nitrogens with zero attached hydrogens (tertiary/aromatic N) is 2. The molecule has 6 unspecified atom stereocenters. The number of fused-ring (bicyclic) bond motifs is 4. The number of carbonyl (C=O) groups excluding carboxylic acids is 4. The largest absolute Gasteiger partial charge is 0.508 e. The Morgan fingerprint density at radius 2 is 1.63 bits per heavy atom. The van der Waals surface area contributed by atoms with Crippen LogP contribution in [0.4, 0.5) is 5.69 Å². The Morgan fingerprint density at radius 3 is 2.27 bits per heavy atom. The first-order chi connectivity index (χ1) is 23.2. The van der Waals surface area contributed by atoms with Crippen LogP contribution in [0.1, 0.15) is 56.2 Å². The molecule has 6 atom stereocenters. The number of amides is 4. The number of halogens is 2. The normalized spacial score (nSPS) is 27.9. The molecule has 4 aliphatic rings. The second-order valence-electron chi connectivity index (χ2n) is 14.4. The van der Waals surface area contributed by atoms with E-state index >= 15 is 4.79 Å². The van der Waals surface area contributed by atoms with Crippen molar-refractivity contribution in [1.29, 1.82) is 0 Å². The van der Waals surface area contributed by atoms with E-state index in [-0.39, 0.29) is 29.0 Å². The number of phenolic OH excluding ortho intramolecular Hbond substituents is 1. The lowest BCUT2D eigenvalue weighted by Crippen LogP contribution is -2.53. The SMILES string of the molecule is COc1ccc(C23C(=O)N(Nc4ccc(Cl)cc4Cl)C(=O)C2CC2C(=CCC4C(=O)N(C(C)(C)C)C(=O)C42)C3c2ccc(O)c(C)c2)cc1. The third-order valence-corrected chi connectivity index (χ3v) is 11.4. The van der Waals surface area contributed by atoms with Gasteiger partial charge in [-0.25, -0.2) is 0 Å². The number of allylic oxidation sites excluding steroid dienone is 2. The number of imide groups is 2. The molecule has 3 aromatic rings. The predicted octanol–water partition coefficient (Wildman–Crippen LogP) is 6.80. The van der Waals surface area contributed by atoms with E-state index in [0.717, 1.165) is 10.6 Å². The summed E-state index contributed by atoms with van der Waals surface area (Å²) in [6.45, 7) is 7.31. The van der Waals surface area contributed by atoms with Gasteiger partial charge in [-0.1, -0.05) is 59.1 Å². The van der Waals surface area contributed by atoms with Crippen molar-refractivity contribution in [3.8, 4) is 11.5 Å². The van der Waals surface area contributed by atoms with E-state index in [9.17, 15) is 19.5 Å². The Bertz CT molecular complexity index is 1950. The van der Waals surface area contributed by atoms with Gasteiger partial charge in [0, 0.05) is 16.5 Å². The lowest BCUT2D eigenvalue weighted by atomic mass is 9.49. The first kappa shape index (κ1) is 33.2. The molecule has 1 saturated carbocycles. The van der Waals surface area contributed by atoms with E-state index < -0.39 is 52.4 Å². The van der Waals surface area contributed by atoms with Gasteiger partial charge in [0.2, 0.25) is 11.8 Å². The lowest BCUT2D eigenvalue weighted by molar-refractivity contribution is -0.146. The van der Waals surface area contributed by atoms with Crippen LogP contribution in [0.15, 0.2) is 72.3 Å². The number of hydrogen-bond acceptors (Lipinski definition) is 7. The number of hydrogen-bond donors (Lipinski definition) is 2. The third kappa shape index (κ3) is 4.88. The molecule has 2 heterocycles. The fourth-order valence-corrected chi connectivity index (χ4v) is 9.19. The molecule has 2 N–H and O–H groups in total. The number of aryl methyl sites for hydroxylation is 1. The monoisotopic (exact) mass is 701 g/mol. The van der Waals surface area contributed by atoms with Crippen molar-refractivity contribution in [3.63, 3.8) is 0 Å². The number of anilines is 1. The highest BCUT2D eigenvalue weighted by atomic mass is 35.5. The van der Waals surface area contributed by atoms with Gasteiger partial charge in [0.25, 0.3) is 11.8 Å². The zero-order valence-corrected chi connectivity index (χ0v) is 29.3. The van der Waals surface area contributed by atoms with Gasteiger partial charge in [0.05, 0.1) is 41.0 Å². The van der Waals surface area contributed by atoms with E-state index in [4.69, 9.17) is 27.9 Å². The van der Waals surface area contributed by atoms with Crippen LogP contribution >= 0.6 is 23.2 Å². The van der Waals surface area contributed by atoms with Gasteiger partial charge in [-0.05, 0) is 99.5 Å². The van der Waals surface area contributed by atoms with E-state index in [1.54, 1.807) is 50.4 Å². The second-order valence-corrected chi connectivity index (χ2v) is 15.3. The summed E-state index contributed by atoms with van der Waals surface area (Å²) in [4.78, 5) is 59.5. The van der Waals surface area contributed by atoms with Gasteiger partial charge in [-0.15, -0.1) is 0 Å². The molecule has 49 heavy (non-hydrogen) atoms. The Hall–Kier alpha value is -4.34. The number of ether oxygens (including phenoxy) is 1. The summed E-state index contributed by atoms with van der Waals surface area (Å²) in [5, 5.41) is 12.2. The van der Waals surface area contributed by atoms with Crippen molar-refractivity contribution >= 4 is 52.5 Å². The molecule has 254 valence electrons. The number of aromatic hydroxyl groups is 1. The number of carbonyl (C=O) groups is 4. The number of methoxy groups -OCH3 is 1. The number of benzene rings is 3. The van der Waals surface area contributed by atoms with Crippen molar-refractivity contribution in [2.45, 2.75) is 57.4 Å². The number of phenols is 1. The maximum Gasteiger partial charge on any atom is 0.260 e. The first-order valence-electron chi connectivity index (χ1n) is 16.3. The van der Waals surface area contributed by atoms with Crippen LogP contribution in [0, 0.1) is 30.6 Å². The molecular weight excluding hydrogens is 665 g/mol. The molecule has 2 saturated heterocycles. The average Bonchev–Trinajstić information content (AvgIpc) is 3.44. The van der Waals surface area contributed by atoms with E-state index in [1.165, 1.54) is 11.0 Å². The van der Waals surface area contributed by atoms with Crippen molar-refractivity contribution in [1.82, 2.24) is 9.91 Å². The smallest absolute Gasteiger partial charge is 0.260 e. The summed E-state index contributed by atoms with van der Waals surface area (Å²) in [5.74, 6) is -4.14. The topological polar surface area (TPSA) is 116 Å². The Balaban J connectivity index is 1.47. The molecule has 2 aliphatic carbocycles. The molecule has 11 heteroatoms. The van der Waals surface area contributed by atoms with Crippen LogP contribution in [-0.4, -0.2) is 51.3 Å². The standard InChI is InChI=1S/C38H37Cl2N3O6/c1-19-16-20(6-15-30(19)44)32-24-12-13-25-31(35(47)42(33(25)45)37(2,3)4)26(24)18-27-34(46)43(41-29-14-9-22(39)17-28(29)40)36(48)38(27,32)21-7-10-23(49-5)11-8-21/h6-12,14-17,25-27,31-32,41,44H,13,18H2,1-5H3. The van der Waals surface area contributed by atoms with Crippen LogP contribution in [0.25, 0.3) is 0 Å². The van der Waals surface area contributed by atoms with E-state index in [0.29, 0.717) is 39.6 Å². The van der Waals surface area contributed by atoms with Crippen LogP contribution in [0.3, 0.4) is 0 Å². The average molecular weight is 703 g/mol. The van der Waals surface area contributed by atoms with Crippen molar-refractivity contribution in [2.24, 2.45) is 23.7 Å². The van der Waals surface area contributed by atoms with Crippen molar-refractivity contribution < 1.29 is 29.0 Å². The second kappa shape index (κ2) is 11.6. The minimum Gasteiger partial charge on any atom is -0.508 e. The Kier molecular flexibility index (Phi) is 7.87. The van der Waals surface area contributed by atoms with Crippen molar-refractivity contribution in [3.05, 3.63) is 99.0 Å². The maximum absolute atomic E-state index is 15.3. The summed E-state index contributed by atoms with van der Waals surface area (Å²) >= 11 is 12.7. The highest BCUT2D eigenvalue weighted by Gasteiger charge is 2.70. The van der Waals surface area contributed by atoms with Crippen molar-refractivity contribution in [2.75, 3.05) is 12.5 Å². The maximum atomic E-state index is 15.3. The molecule has 2 aliphatic heterocycles. The molecule has 3 aromatic carbocycles. The molecule has 4 amide bonds. The third-order valence-electron chi connectivity index (χ3n) is 10.8. The molecule has 9 nitrogen and oxygen atoms in total. The highest BCUT2D eigenvalue weighted by molar-refractivity contribution is 6.36. The van der Waals surface area contributed by atoms with Crippen LogP contribution in [0.2, 0.25) is 10.0 Å². The van der Waals surface area contributed by atoms with Crippen LogP contribution < -0.4 is 10.2 Å². The van der Waals surface area contributed by atoms with Gasteiger partial charge in [0.1, 0.15) is 11.5 Å². The van der Waals surface area contributed by atoms with Crippen LogP contribution in [-0.2, 0) is 24.6 Å². The first-order valence-corrected chi connectivity index (χ1v) is 17.1. The summed E-state index contributed by atoms with van der Waals surface area (Å²) in [6.07, 6.45) is 2.51. The predicted molar refractivity (Wildman–Crippen MR) is 185 cm³/mol. The summed E-state index contributed by atoms with van der Waals surface area (Å²) in [6, 6.07) is 17.1. The Labute approximate surface area is 294 Å². The van der Waals surface area contributed by atoms with Gasteiger partial charge in [-0.3, -0.25) is 29.5 Å². The van der Waals surface area contributed by atoms with Gasteiger partial charge in [0.15, 0.2) is 0 Å². The summed E-state index contributed by atoms with van der Waals surface area (Å²) < 4.78 is 5.46. The zero-order chi connectivity index (χ0) is 35.2. The van der Waals surface area contributed by atoms with E-state index in [1.807, 2.05) is 45.0 Å². The molecular formula is C38H37Cl2N3O6. The molecule has 0 aromatic heterocycles. The van der Waals surface area contributed by atoms with E-state index in [2.05, 4.69) is 5.43 Å². The minimum atomic E-state index is -1.47. The van der Waals surface area contributed by atoms with Gasteiger partial charge in [-0.2, -0.15) is 5.01 Å². The van der Waals surface area contributed by atoms with Gasteiger partial charge >= 0.3 is 0 Å². The summed E-state index contributed by atoms with van der Waals surface area (Å²) in [7, 11) is 1.55. The number of rotatable bonds is 5. The fourth-order valence-electron chi connectivity index (χ4n) is 8.74. The summed E-state index contributed by atoms with van der Waals surface area (Å²) in [5.41, 5.74) is 3.88. The lowest BCUT2D eigenvalue weighted by Gasteiger charge is -2.50. The molecule has 0 bridgehead atoms. The minimum absolute atomic E-state index is 0.0933.